The van der Waals surface area contributed by atoms with Crippen LogP contribution in [-0.2, 0) is 0 Å². The number of ether oxygens (including phenoxy) is 1. The number of hydrogen-bond acceptors (Lipinski definition) is 4. The van der Waals surface area contributed by atoms with Crippen molar-refractivity contribution in [1.29, 1.82) is 0 Å². The Kier molecular flexibility index (Phi) is 5.11. The molecule has 2 unspecified atom stereocenters. The molecule has 0 aliphatic rings. The zero-order valence-corrected chi connectivity index (χ0v) is 12.3. The van der Waals surface area contributed by atoms with Crippen LogP contribution in [0.2, 0.25) is 0 Å². The third-order valence-corrected chi connectivity index (χ3v) is 3.92. The fourth-order valence-corrected chi connectivity index (χ4v) is 2.65. The quantitative estimate of drug-likeness (QED) is 0.859. The Balaban J connectivity index is 1.94. The number of aliphatic hydroxyl groups excluding tert-OH is 1. The molecule has 0 saturated carbocycles. The maximum absolute atomic E-state index is 13.6. The molecule has 0 fully saturated rings. The first-order valence-electron chi connectivity index (χ1n) is 6.38. The van der Waals surface area contributed by atoms with Crippen LogP contribution in [-0.4, -0.2) is 18.8 Å². The first-order valence-corrected chi connectivity index (χ1v) is 7.33. The Morgan fingerprint density at radius 3 is 2.75 bits per heavy atom. The average molecular weight is 295 g/mol. The summed E-state index contributed by atoms with van der Waals surface area (Å²) < 4.78 is 18.5. The third kappa shape index (κ3) is 3.56. The highest BCUT2D eigenvalue weighted by Crippen LogP contribution is 2.22. The van der Waals surface area contributed by atoms with E-state index in [9.17, 15) is 9.50 Å². The van der Waals surface area contributed by atoms with E-state index < -0.39 is 6.10 Å². The van der Waals surface area contributed by atoms with Crippen molar-refractivity contribution in [2.75, 3.05) is 13.7 Å². The van der Waals surface area contributed by atoms with E-state index in [4.69, 9.17) is 4.74 Å². The smallest absolute Gasteiger partial charge is 0.165 e. The lowest BCUT2D eigenvalue weighted by Crippen LogP contribution is -2.24. The molecule has 0 aliphatic heterocycles. The van der Waals surface area contributed by atoms with Gasteiger partial charge in [0, 0.05) is 12.6 Å². The largest absolute Gasteiger partial charge is 0.494 e. The number of halogens is 1. The summed E-state index contributed by atoms with van der Waals surface area (Å²) in [5.41, 5.74) is 1.72. The minimum Gasteiger partial charge on any atom is -0.494 e. The average Bonchev–Trinajstić information content (AvgIpc) is 2.98. The van der Waals surface area contributed by atoms with Gasteiger partial charge in [-0.25, -0.2) is 4.39 Å². The molecular formula is C15H18FNO2S. The molecule has 2 rings (SSSR count). The molecule has 2 atom stereocenters. The van der Waals surface area contributed by atoms with Crippen LogP contribution in [0.15, 0.2) is 35.0 Å². The Morgan fingerprint density at radius 1 is 1.35 bits per heavy atom. The van der Waals surface area contributed by atoms with Gasteiger partial charge in [-0.15, -0.1) is 0 Å². The van der Waals surface area contributed by atoms with Crippen LogP contribution in [0.3, 0.4) is 0 Å². The SMILES string of the molecule is COc1ccc(C(C)NCC(O)c2ccsc2)cc1F. The lowest BCUT2D eigenvalue weighted by Gasteiger charge is -2.17. The molecule has 0 spiro atoms. The topological polar surface area (TPSA) is 41.5 Å². The number of benzene rings is 1. The molecule has 1 aromatic carbocycles. The van der Waals surface area contributed by atoms with Gasteiger partial charge in [0.15, 0.2) is 11.6 Å². The first kappa shape index (κ1) is 15.0. The van der Waals surface area contributed by atoms with Crippen molar-refractivity contribution >= 4 is 11.3 Å². The predicted molar refractivity (Wildman–Crippen MR) is 78.6 cm³/mol. The van der Waals surface area contributed by atoms with Crippen LogP contribution < -0.4 is 10.1 Å². The van der Waals surface area contributed by atoms with Gasteiger partial charge < -0.3 is 15.2 Å². The van der Waals surface area contributed by atoms with Crippen molar-refractivity contribution in [2.45, 2.75) is 19.1 Å². The van der Waals surface area contributed by atoms with Crippen LogP contribution in [0, 0.1) is 5.82 Å². The van der Waals surface area contributed by atoms with E-state index in [1.165, 1.54) is 13.2 Å². The number of hydrogen-bond donors (Lipinski definition) is 2. The molecule has 0 aliphatic carbocycles. The second-order valence-electron chi connectivity index (χ2n) is 4.60. The summed E-state index contributed by atoms with van der Waals surface area (Å²) in [5, 5.41) is 17.0. The van der Waals surface area contributed by atoms with E-state index in [1.54, 1.807) is 17.4 Å². The van der Waals surface area contributed by atoms with Gasteiger partial charge >= 0.3 is 0 Å². The fraction of sp³-hybridized carbons (Fsp3) is 0.333. The fourth-order valence-electron chi connectivity index (χ4n) is 1.94. The molecule has 108 valence electrons. The molecule has 0 bridgehead atoms. The van der Waals surface area contributed by atoms with Gasteiger partial charge in [-0.1, -0.05) is 6.07 Å². The summed E-state index contributed by atoms with van der Waals surface area (Å²) in [4.78, 5) is 0. The number of methoxy groups -OCH3 is 1. The van der Waals surface area contributed by atoms with Crippen LogP contribution >= 0.6 is 11.3 Å². The molecule has 1 aromatic heterocycles. The van der Waals surface area contributed by atoms with Crippen LogP contribution in [0.5, 0.6) is 5.75 Å². The van der Waals surface area contributed by atoms with Gasteiger partial charge in [-0.2, -0.15) is 11.3 Å². The molecule has 0 radical (unpaired) electrons. The normalized spacial score (nSPS) is 14.0. The van der Waals surface area contributed by atoms with Gasteiger partial charge in [0.25, 0.3) is 0 Å². The monoisotopic (exact) mass is 295 g/mol. The summed E-state index contributed by atoms with van der Waals surface area (Å²) in [6.45, 7) is 2.35. The number of aliphatic hydroxyl groups is 1. The molecule has 0 saturated heterocycles. The number of thiophene rings is 1. The molecule has 2 N–H and O–H groups in total. The van der Waals surface area contributed by atoms with Crippen LogP contribution in [0.25, 0.3) is 0 Å². The molecule has 5 heteroatoms. The minimum absolute atomic E-state index is 0.0521. The molecule has 3 nitrogen and oxygen atoms in total. The zero-order chi connectivity index (χ0) is 14.5. The molecule has 20 heavy (non-hydrogen) atoms. The highest BCUT2D eigenvalue weighted by atomic mass is 32.1. The molecule has 2 aromatic rings. The maximum atomic E-state index is 13.6. The van der Waals surface area contributed by atoms with Crippen LogP contribution in [0.1, 0.15) is 30.2 Å². The third-order valence-electron chi connectivity index (χ3n) is 3.22. The highest BCUT2D eigenvalue weighted by molar-refractivity contribution is 7.07. The van der Waals surface area contributed by atoms with Gasteiger partial charge in [0.05, 0.1) is 13.2 Å². The van der Waals surface area contributed by atoms with Gasteiger partial charge in [0.1, 0.15) is 0 Å². The van der Waals surface area contributed by atoms with Gasteiger partial charge in [-0.3, -0.25) is 0 Å². The Hall–Kier alpha value is -1.43. The molecule has 1 heterocycles. The summed E-state index contributed by atoms with van der Waals surface area (Å²) in [7, 11) is 1.44. The van der Waals surface area contributed by atoms with Crippen molar-refractivity contribution < 1.29 is 14.2 Å². The predicted octanol–water partition coefficient (Wildman–Crippen LogP) is 3.28. The highest BCUT2D eigenvalue weighted by Gasteiger charge is 2.12. The van der Waals surface area contributed by atoms with E-state index in [0.717, 1.165) is 11.1 Å². The van der Waals surface area contributed by atoms with E-state index >= 15 is 0 Å². The lowest BCUT2D eigenvalue weighted by molar-refractivity contribution is 0.171. The Morgan fingerprint density at radius 2 is 2.15 bits per heavy atom. The zero-order valence-electron chi connectivity index (χ0n) is 11.5. The Bertz CT molecular complexity index is 545. The summed E-state index contributed by atoms with van der Waals surface area (Å²) in [5.74, 6) is -0.142. The van der Waals surface area contributed by atoms with Crippen molar-refractivity contribution in [3.63, 3.8) is 0 Å². The van der Waals surface area contributed by atoms with E-state index in [-0.39, 0.29) is 17.6 Å². The van der Waals surface area contributed by atoms with Gasteiger partial charge in [-0.05, 0) is 47.0 Å². The molecule has 0 amide bonds. The van der Waals surface area contributed by atoms with Crippen LogP contribution in [0.4, 0.5) is 4.39 Å². The van der Waals surface area contributed by atoms with E-state index in [0.29, 0.717) is 6.54 Å². The maximum Gasteiger partial charge on any atom is 0.165 e. The van der Waals surface area contributed by atoms with Crippen molar-refractivity contribution in [3.05, 3.63) is 52.0 Å². The van der Waals surface area contributed by atoms with E-state index in [2.05, 4.69) is 5.32 Å². The van der Waals surface area contributed by atoms with Gasteiger partial charge in [0.2, 0.25) is 0 Å². The standard InChI is InChI=1S/C15H18FNO2S/c1-10(11-3-4-15(19-2)13(16)7-11)17-8-14(18)12-5-6-20-9-12/h3-7,9-10,14,17-18H,8H2,1-2H3. The lowest BCUT2D eigenvalue weighted by atomic mass is 10.1. The summed E-state index contributed by atoms with van der Waals surface area (Å²) in [6, 6.07) is 6.72. The Labute approximate surface area is 122 Å². The van der Waals surface area contributed by atoms with Crippen molar-refractivity contribution in [1.82, 2.24) is 5.32 Å². The van der Waals surface area contributed by atoms with Crippen molar-refractivity contribution in [3.8, 4) is 5.75 Å². The first-order chi connectivity index (χ1) is 9.61. The number of rotatable bonds is 6. The number of nitrogens with one attached hydrogen (secondary N) is 1. The molecular weight excluding hydrogens is 277 g/mol. The van der Waals surface area contributed by atoms with Crippen molar-refractivity contribution in [2.24, 2.45) is 0 Å². The van der Waals surface area contributed by atoms with E-state index in [1.807, 2.05) is 29.8 Å². The summed E-state index contributed by atoms with van der Waals surface area (Å²) in [6.07, 6.45) is -0.549. The minimum atomic E-state index is -0.549. The summed E-state index contributed by atoms with van der Waals surface area (Å²) >= 11 is 1.55. The second kappa shape index (κ2) is 6.83. The second-order valence-corrected chi connectivity index (χ2v) is 5.38.